The van der Waals surface area contributed by atoms with Gasteiger partial charge in [0.1, 0.15) is 11.1 Å². The summed E-state index contributed by atoms with van der Waals surface area (Å²) in [6.07, 6.45) is 2.51. The van der Waals surface area contributed by atoms with Gasteiger partial charge in [-0.2, -0.15) is 5.26 Å². The number of ether oxygens (including phenoxy) is 1. The van der Waals surface area contributed by atoms with Crippen LogP contribution in [0.3, 0.4) is 0 Å². The van der Waals surface area contributed by atoms with E-state index in [1.807, 2.05) is 30.3 Å². The van der Waals surface area contributed by atoms with Crippen LogP contribution in [0.1, 0.15) is 43.4 Å². The number of hydrogen-bond donors (Lipinski definition) is 1. The van der Waals surface area contributed by atoms with Gasteiger partial charge >= 0.3 is 5.97 Å². The zero-order valence-corrected chi connectivity index (χ0v) is 15.8. The molecule has 0 aliphatic carbocycles. The Morgan fingerprint density at radius 3 is 2.58 bits per heavy atom. The van der Waals surface area contributed by atoms with Crippen LogP contribution in [0.2, 0.25) is 0 Å². The molecule has 1 heterocycles. The Hall–Kier alpha value is -2.65. The smallest absolute Gasteiger partial charge is 0.311 e. The summed E-state index contributed by atoms with van der Waals surface area (Å²) in [6.45, 7) is 3.67. The van der Waals surface area contributed by atoms with E-state index in [-0.39, 0.29) is 6.42 Å². The number of carbonyl (C=O) groups excluding carboxylic acids is 2. The minimum atomic E-state index is -0.931. The summed E-state index contributed by atoms with van der Waals surface area (Å²) in [4.78, 5) is 24.2. The first-order valence-corrected chi connectivity index (χ1v) is 9.47. The van der Waals surface area contributed by atoms with Gasteiger partial charge in [0.05, 0.1) is 12.0 Å². The van der Waals surface area contributed by atoms with Crippen LogP contribution in [0.15, 0.2) is 35.7 Å². The van der Waals surface area contributed by atoms with Gasteiger partial charge in [-0.15, -0.1) is 11.3 Å². The highest BCUT2D eigenvalue weighted by molar-refractivity contribution is 7.14. The van der Waals surface area contributed by atoms with Gasteiger partial charge in [-0.1, -0.05) is 37.6 Å². The van der Waals surface area contributed by atoms with Crippen molar-refractivity contribution in [1.82, 2.24) is 0 Å². The number of thiophene rings is 1. The maximum absolute atomic E-state index is 12.1. The number of esters is 1. The van der Waals surface area contributed by atoms with Crippen molar-refractivity contribution in [3.05, 3.63) is 52.4 Å². The largest absolute Gasteiger partial charge is 0.452 e. The molecule has 0 saturated heterocycles. The Labute approximate surface area is 157 Å². The number of nitrogens with zero attached hydrogens (tertiary/aromatic N) is 1. The Morgan fingerprint density at radius 2 is 1.92 bits per heavy atom. The highest BCUT2D eigenvalue weighted by Gasteiger charge is 2.19. The van der Waals surface area contributed by atoms with Crippen molar-refractivity contribution in [2.75, 3.05) is 5.32 Å². The van der Waals surface area contributed by atoms with Crippen molar-refractivity contribution in [3.63, 3.8) is 0 Å². The molecule has 1 N–H and O–H groups in total. The summed E-state index contributed by atoms with van der Waals surface area (Å²) in [6, 6.07) is 11.5. The lowest BCUT2D eigenvalue weighted by Crippen LogP contribution is -2.30. The number of benzene rings is 1. The first kappa shape index (κ1) is 19.7. The predicted molar refractivity (Wildman–Crippen MR) is 102 cm³/mol. The molecule has 1 atom stereocenters. The van der Waals surface area contributed by atoms with Crippen molar-refractivity contribution < 1.29 is 14.3 Å². The molecule has 2 rings (SSSR count). The molecule has 1 aromatic carbocycles. The highest BCUT2D eigenvalue weighted by atomic mass is 32.1. The fourth-order valence-corrected chi connectivity index (χ4v) is 3.11. The van der Waals surface area contributed by atoms with E-state index in [1.165, 1.54) is 23.8 Å². The molecule has 0 spiro atoms. The van der Waals surface area contributed by atoms with Gasteiger partial charge in [0, 0.05) is 0 Å². The second-order valence-electron chi connectivity index (χ2n) is 5.99. The molecule has 0 radical (unpaired) electrons. The first-order chi connectivity index (χ1) is 12.5. The molecule has 136 valence electrons. The number of unbranched alkanes of at least 4 members (excludes halogenated alkanes) is 1. The van der Waals surface area contributed by atoms with Gasteiger partial charge in [0.25, 0.3) is 5.91 Å². The van der Waals surface area contributed by atoms with Crippen molar-refractivity contribution in [1.29, 1.82) is 5.26 Å². The highest BCUT2D eigenvalue weighted by Crippen LogP contribution is 2.22. The monoisotopic (exact) mass is 370 g/mol. The van der Waals surface area contributed by atoms with E-state index in [0.717, 1.165) is 24.8 Å². The molecule has 26 heavy (non-hydrogen) atoms. The number of nitriles is 1. The SMILES string of the molecule is CCCCc1ccc(CC(=O)O[C@@H](C)C(=O)Nc2sccc2C#N)cc1. The molecule has 6 heteroatoms. The molecule has 0 fully saturated rings. The standard InChI is InChI=1S/C20H22N2O3S/c1-3-4-5-15-6-8-16(9-7-15)12-18(23)25-14(2)19(24)22-20-17(13-21)10-11-26-20/h6-11,14H,3-5,12H2,1-2H3,(H,22,24)/t14-/m0/s1. The summed E-state index contributed by atoms with van der Waals surface area (Å²) < 4.78 is 5.20. The van der Waals surface area contributed by atoms with Crippen LogP contribution in [0.5, 0.6) is 0 Å². The third kappa shape index (κ3) is 5.71. The normalized spacial score (nSPS) is 11.4. The van der Waals surface area contributed by atoms with Crippen LogP contribution in [-0.4, -0.2) is 18.0 Å². The van der Waals surface area contributed by atoms with E-state index in [0.29, 0.717) is 10.6 Å². The quantitative estimate of drug-likeness (QED) is 0.710. The van der Waals surface area contributed by atoms with Crippen molar-refractivity contribution in [3.8, 4) is 6.07 Å². The molecule has 1 amide bonds. The number of anilines is 1. The van der Waals surface area contributed by atoms with Crippen molar-refractivity contribution >= 4 is 28.2 Å². The van der Waals surface area contributed by atoms with Crippen LogP contribution in [0, 0.1) is 11.3 Å². The van der Waals surface area contributed by atoms with Gasteiger partial charge < -0.3 is 10.1 Å². The van der Waals surface area contributed by atoms with E-state index in [1.54, 1.807) is 11.4 Å². The lowest BCUT2D eigenvalue weighted by Gasteiger charge is -2.13. The Bertz CT molecular complexity index is 790. The average molecular weight is 370 g/mol. The molecule has 0 aliphatic heterocycles. The summed E-state index contributed by atoms with van der Waals surface area (Å²) in [5, 5.41) is 13.8. The number of aryl methyl sites for hydroxylation is 1. The van der Waals surface area contributed by atoms with E-state index in [9.17, 15) is 9.59 Å². The summed E-state index contributed by atoms with van der Waals surface area (Å²) >= 11 is 1.25. The summed E-state index contributed by atoms with van der Waals surface area (Å²) in [7, 11) is 0. The Morgan fingerprint density at radius 1 is 1.23 bits per heavy atom. The predicted octanol–water partition coefficient (Wildman–Crippen LogP) is 4.08. The number of carbonyl (C=O) groups is 2. The molecule has 0 saturated carbocycles. The Balaban J connectivity index is 1.84. The maximum Gasteiger partial charge on any atom is 0.311 e. The Kier molecular flexibility index (Phi) is 7.37. The molecule has 0 unspecified atom stereocenters. The number of hydrogen-bond acceptors (Lipinski definition) is 5. The molecular formula is C20H22N2O3S. The maximum atomic E-state index is 12.1. The van der Waals surface area contributed by atoms with E-state index < -0.39 is 18.0 Å². The minimum Gasteiger partial charge on any atom is -0.452 e. The second-order valence-corrected chi connectivity index (χ2v) is 6.91. The van der Waals surface area contributed by atoms with Crippen LogP contribution < -0.4 is 5.32 Å². The molecule has 0 bridgehead atoms. The van der Waals surface area contributed by atoms with E-state index in [4.69, 9.17) is 10.00 Å². The molecule has 5 nitrogen and oxygen atoms in total. The van der Waals surface area contributed by atoms with Crippen LogP contribution in [-0.2, 0) is 27.2 Å². The third-order valence-corrected chi connectivity index (χ3v) is 4.72. The van der Waals surface area contributed by atoms with Crippen LogP contribution in [0.4, 0.5) is 5.00 Å². The van der Waals surface area contributed by atoms with Gasteiger partial charge in [0.15, 0.2) is 6.10 Å². The lowest BCUT2D eigenvalue weighted by atomic mass is 10.1. The van der Waals surface area contributed by atoms with Gasteiger partial charge in [0.2, 0.25) is 0 Å². The zero-order chi connectivity index (χ0) is 18.9. The van der Waals surface area contributed by atoms with Crippen LogP contribution in [0.25, 0.3) is 0 Å². The van der Waals surface area contributed by atoms with Gasteiger partial charge in [-0.05, 0) is 42.3 Å². The minimum absolute atomic E-state index is 0.119. The second kappa shape index (κ2) is 9.73. The van der Waals surface area contributed by atoms with Crippen LogP contribution >= 0.6 is 11.3 Å². The van der Waals surface area contributed by atoms with Crippen molar-refractivity contribution in [2.24, 2.45) is 0 Å². The molecular weight excluding hydrogens is 348 g/mol. The fraction of sp³-hybridized carbons (Fsp3) is 0.350. The topological polar surface area (TPSA) is 79.2 Å². The van der Waals surface area contributed by atoms with E-state index in [2.05, 4.69) is 12.2 Å². The average Bonchev–Trinajstić information content (AvgIpc) is 3.08. The molecule has 2 aromatic rings. The fourth-order valence-electron chi connectivity index (χ4n) is 2.37. The first-order valence-electron chi connectivity index (χ1n) is 8.59. The summed E-state index contributed by atoms with van der Waals surface area (Å²) in [5.74, 6) is -0.909. The van der Waals surface area contributed by atoms with Gasteiger partial charge in [-0.3, -0.25) is 9.59 Å². The molecule has 0 aliphatic rings. The number of amides is 1. The summed E-state index contributed by atoms with van der Waals surface area (Å²) in [5.41, 5.74) is 2.50. The third-order valence-electron chi connectivity index (χ3n) is 3.89. The molecule has 1 aromatic heterocycles. The number of nitrogens with one attached hydrogen (secondary N) is 1. The lowest BCUT2D eigenvalue weighted by molar-refractivity contribution is -0.152. The van der Waals surface area contributed by atoms with E-state index >= 15 is 0 Å². The van der Waals surface area contributed by atoms with Crippen molar-refractivity contribution in [2.45, 2.75) is 45.6 Å². The van der Waals surface area contributed by atoms with Gasteiger partial charge in [-0.25, -0.2) is 0 Å². The zero-order valence-electron chi connectivity index (χ0n) is 15.0. The number of rotatable bonds is 8.